The fourth-order valence-electron chi connectivity index (χ4n) is 0.940. The number of aliphatic hydroxyl groups excluding tert-OH is 1. The standard InChI is InChI=1S/C8H19NO3S/c1-7(2)13(11,12)6-8(9-3)4-5-10/h7-10H,4-6H2,1-3H3. The summed E-state index contributed by atoms with van der Waals surface area (Å²) >= 11 is 0. The smallest absolute Gasteiger partial charge is 0.154 e. The van der Waals surface area contributed by atoms with Crippen LogP contribution in [0.15, 0.2) is 0 Å². The summed E-state index contributed by atoms with van der Waals surface area (Å²) in [6.07, 6.45) is 0.475. The second kappa shape index (κ2) is 5.57. The first-order valence-corrected chi connectivity index (χ1v) is 6.15. The zero-order valence-electron chi connectivity index (χ0n) is 8.45. The van der Waals surface area contributed by atoms with Gasteiger partial charge in [-0.2, -0.15) is 0 Å². The molecule has 13 heavy (non-hydrogen) atoms. The average Bonchev–Trinajstić information content (AvgIpc) is 2.03. The molecular weight excluding hydrogens is 190 g/mol. The summed E-state index contributed by atoms with van der Waals surface area (Å²) in [5.74, 6) is 0.0989. The van der Waals surface area contributed by atoms with E-state index < -0.39 is 9.84 Å². The molecule has 5 heteroatoms. The lowest BCUT2D eigenvalue weighted by molar-refractivity contribution is 0.272. The Balaban J connectivity index is 4.23. The highest BCUT2D eigenvalue weighted by atomic mass is 32.2. The van der Waals surface area contributed by atoms with E-state index in [1.165, 1.54) is 0 Å². The molecule has 0 aliphatic rings. The van der Waals surface area contributed by atoms with Crippen molar-refractivity contribution >= 4 is 9.84 Å². The molecule has 0 saturated carbocycles. The number of nitrogens with one attached hydrogen (secondary N) is 1. The zero-order chi connectivity index (χ0) is 10.5. The van der Waals surface area contributed by atoms with E-state index in [1.807, 2.05) is 0 Å². The Kier molecular flexibility index (Phi) is 5.51. The largest absolute Gasteiger partial charge is 0.396 e. The minimum absolute atomic E-state index is 0.0130. The topological polar surface area (TPSA) is 66.4 Å². The van der Waals surface area contributed by atoms with Crippen LogP contribution in [0.4, 0.5) is 0 Å². The van der Waals surface area contributed by atoms with E-state index >= 15 is 0 Å². The number of hydrogen-bond donors (Lipinski definition) is 2. The maximum Gasteiger partial charge on any atom is 0.154 e. The third-order valence-corrected chi connectivity index (χ3v) is 4.34. The molecule has 2 N–H and O–H groups in total. The van der Waals surface area contributed by atoms with E-state index in [0.29, 0.717) is 6.42 Å². The molecule has 4 nitrogen and oxygen atoms in total. The number of rotatable bonds is 6. The molecule has 0 saturated heterocycles. The van der Waals surface area contributed by atoms with Crippen molar-refractivity contribution in [3.63, 3.8) is 0 Å². The molecule has 1 unspecified atom stereocenters. The normalized spacial score (nSPS) is 14.8. The highest BCUT2D eigenvalue weighted by molar-refractivity contribution is 7.92. The summed E-state index contributed by atoms with van der Waals surface area (Å²) in [4.78, 5) is 0. The minimum atomic E-state index is -3.01. The Morgan fingerprint density at radius 1 is 1.38 bits per heavy atom. The monoisotopic (exact) mass is 209 g/mol. The Labute approximate surface area is 80.3 Å². The van der Waals surface area contributed by atoms with Crippen LogP contribution in [0, 0.1) is 0 Å². The van der Waals surface area contributed by atoms with Crippen molar-refractivity contribution in [2.24, 2.45) is 0 Å². The Hall–Kier alpha value is -0.130. The van der Waals surface area contributed by atoms with Gasteiger partial charge in [0, 0.05) is 12.6 Å². The predicted octanol–water partition coefficient (Wildman–Crippen LogP) is -0.220. The zero-order valence-corrected chi connectivity index (χ0v) is 9.26. The molecule has 0 radical (unpaired) electrons. The Morgan fingerprint density at radius 3 is 2.23 bits per heavy atom. The third-order valence-electron chi connectivity index (χ3n) is 2.04. The molecule has 0 heterocycles. The molecule has 0 aromatic rings. The Bertz CT molecular complexity index is 224. The van der Waals surface area contributed by atoms with Gasteiger partial charge in [-0.05, 0) is 27.3 Å². The van der Waals surface area contributed by atoms with Gasteiger partial charge in [0.05, 0.1) is 11.0 Å². The van der Waals surface area contributed by atoms with Crippen LogP contribution in [-0.2, 0) is 9.84 Å². The van der Waals surface area contributed by atoms with Crippen molar-refractivity contribution in [2.75, 3.05) is 19.4 Å². The molecule has 0 aliphatic carbocycles. The molecule has 1 atom stereocenters. The Morgan fingerprint density at radius 2 is 1.92 bits per heavy atom. The van der Waals surface area contributed by atoms with Crippen LogP contribution < -0.4 is 5.32 Å². The number of sulfone groups is 1. The first-order chi connectivity index (χ1) is 5.94. The molecule has 0 bridgehead atoms. The van der Waals surface area contributed by atoms with Gasteiger partial charge in [0.2, 0.25) is 0 Å². The van der Waals surface area contributed by atoms with Crippen molar-refractivity contribution < 1.29 is 13.5 Å². The van der Waals surface area contributed by atoms with Crippen LogP contribution in [0.3, 0.4) is 0 Å². The summed E-state index contributed by atoms with van der Waals surface area (Å²) in [5, 5.41) is 11.2. The lowest BCUT2D eigenvalue weighted by Crippen LogP contribution is -2.36. The van der Waals surface area contributed by atoms with Crippen molar-refractivity contribution in [1.29, 1.82) is 0 Å². The van der Waals surface area contributed by atoms with E-state index in [1.54, 1.807) is 20.9 Å². The van der Waals surface area contributed by atoms with Crippen molar-refractivity contribution in [3.05, 3.63) is 0 Å². The molecule has 0 rings (SSSR count). The maximum atomic E-state index is 11.5. The van der Waals surface area contributed by atoms with Gasteiger partial charge in [-0.1, -0.05) is 0 Å². The molecule has 0 fully saturated rings. The van der Waals surface area contributed by atoms with E-state index in [0.717, 1.165) is 0 Å². The lowest BCUT2D eigenvalue weighted by atomic mass is 10.2. The molecular formula is C8H19NO3S. The van der Waals surface area contributed by atoms with Crippen LogP contribution in [0.5, 0.6) is 0 Å². The lowest BCUT2D eigenvalue weighted by Gasteiger charge is -2.16. The summed E-state index contributed by atoms with van der Waals surface area (Å²) in [5.41, 5.74) is 0. The van der Waals surface area contributed by atoms with Gasteiger partial charge in [0.15, 0.2) is 9.84 Å². The predicted molar refractivity (Wildman–Crippen MR) is 53.5 cm³/mol. The first kappa shape index (κ1) is 12.9. The van der Waals surface area contributed by atoms with Gasteiger partial charge < -0.3 is 10.4 Å². The molecule has 0 spiro atoms. The molecule has 0 aromatic carbocycles. The molecule has 80 valence electrons. The molecule has 0 amide bonds. The maximum absolute atomic E-state index is 11.5. The fourth-order valence-corrected chi connectivity index (χ4v) is 2.22. The summed E-state index contributed by atoms with van der Waals surface area (Å²) in [7, 11) is -1.30. The fraction of sp³-hybridized carbons (Fsp3) is 1.00. The van der Waals surface area contributed by atoms with Crippen LogP contribution in [0.1, 0.15) is 20.3 Å². The minimum Gasteiger partial charge on any atom is -0.396 e. The van der Waals surface area contributed by atoms with E-state index in [9.17, 15) is 8.42 Å². The SMILES string of the molecule is CNC(CCO)CS(=O)(=O)C(C)C. The second-order valence-electron chi connectivity index (χ2n) is 3.38. The van der Waals surface area contributed by atoms with E-state index in [-0.39, 0.29) is 23.7 Å². The average molecular weight is 209 g/mol. The van der Waals surface area contributed by atoms with Gasteiger partial charge in [-0.3, -0.25) is 0 Å². The molecule has 0 aliphatic heterocycles. The van der Waals surface area contributed by atoms with Crippen LogP contribution in [0.25, 0.3) is 0 Å². The number of aliphatic hydroxyl groups is 1. The molecule has 0 aromatic heterocycles. The van der Waals surface area contributed by atoms with Gasteiger partial charge in [0.1, 0.15) is 0 Å². The number of hydrogen-bond acceptors (Lipinski definition) is 4. The summed E-state index contributed by atoms with van der Waals surface area (Å²) in [6.45, 7) is 3.35. The van der Waals surface area contributed by atoms with Crippen LogP contribution >= 0.6 is 0 Å². The van der Waals surface area contributed by atoms with Gasteiger partial charge >= 0.3 is 0 Å². The van der Waals surface area contributed by atoms with E-state index in [4.69, 9.17) is 5.11 Å². The van der Waals surface area contributed by atoms with Crippen LogP contribution in [-0.4, -0.2) is 44.2 Å². The highest BCUT2D eigenvalue weighted by Crippen LogP contribution is 2.04. The highest BCUT2D eigenvalue weighted by Gasteiger charge is 2.20. The van der Waals surface area contributed by atoms with Crippen molar-refractivity contribution in [3.8, 4) is 0 Å². The summed E-state index contributed by atoms with van der Waals surface area (Å²) < 4.78 is 22.9. The van der Waals surface area contributed by atoms with Gasteiger partial charge in [0.25, 0.3) is 0 Å². The third kappa shape index (κ3) is 4.59. The second-order valence-corrected chi connectivity index (χ2v) is 5.98. The van der Waals surface area contributed by atoms with Gasteiger partial charge in [-0.15, -0.1) is 0 Å². The quantitative estimate of drug-likeness (QED) is 0.635. The van der Waals surface area contributed by atoms with Crippen LogP contribution in [0.2, 0.25) is 0 Å². The van der Waals surface area contributed by atoms with Crippen molar-refractivity contribution in [2.45, 2.75) is 31.6 Å². The first-order valence-electron chi connectivity index (χ1n) is 4.43. The van der Waals surface area contributed by atoms with E-state index in [2.05, 4.69) is 5.32 Å². The van der Waals surface area contributed by atoms with Gasteiger partial charge in [-0.25, -0.2) is 8.42 Å². The van der Waals surface area contributed by atoms with Crippen molar-refractivity contribution in [1.82, 2.24) is 5.32 Å². The summed E-state index contributed by atoms with van der Waals surface area (Å²) in [6, 6.07) is -0.141.